The second-order valence-electron chi connectivity index (χ2n) is 7.85. The van der Waals surface area contributed by atoms with Crippen LogP contribution >= 0.6 is 11.3 Å². The van der Waals surface area contributed by atoms with Crippen LogP contribution in [0.3, 0.4) is 0 Å². The van der Waals surface area contributed by atoms with Gasteiger partial charge in [-0.1, -0.05) is 29.8 Å². The summed E-state index contributed by atoms with van der Waals surface area (Å²) in [5.74, 6) is 0.972. The zero-order valence-corrected chi connectivity index (χ0v) is 19.5. The Balaban J connectivity index is 1.26. The third-order valence-corrected chi connectivity index (χ3v) is 6.10. The molecule has 0 spiro atoms. The van der Waals surface area contributed by atoms with Gasteiger partial charge < -0.3 is 16.0 Å². The Morgan fingerprint density at radius 3 is 2.21 bits per heavy atom. The number of benzene rings is 3. The molecular weight excluding hydrogens is 444 g/mol. The highest BCUT2D eigenvalue weighted by molar-refractivity contribution is 7.20. The largest absolute Gasteiger partial charge is 0.340 e. The van der Waals surface area contributed by atoms with E-state index < -0.39 is 0 Å². The highest BCUT2D eigenvalue weighted by Crippen LogP contribution is 2.24. The quantitative estimate of drug-likeness (QED) is 0.267. The van der Waals surface area contributed by atoms with Crippen molar-refractivity contribution in [2.75, 3.05) is 16.0 Å². The van der Waals surface area contributed by atoms with Gasteiger partial charge in [-0.15, -0.1) is 11.3 Å². The molecule has 3 aromatic carbocycles. The summed E-state index contributed by atoms with van der Waals surface area (Å²) < 4.78 is 0.989. The van der Waals surface area contributed by atoms with Crippen LogP contribution in [0.15, 0.2) is 78.9 Å². The molecule has 5 aromatic rings. The van der Waals surface area contributed by atoms with Gasteiger partial charge in [0.05, 0.1) is 10.2 Å². The molecule has 34 heavy (non-hydrogen) atoms. The van der Waals surface area contributed by atoms with E-state index in [1.54, 1.807) is 0 Å². The Morgan fingerprint density at radius 1 is 0.765 bits per heavy atom. The summed E-state index contributed by atoms with van der Waals surface area (Å²) in [7, 11) is 0. The van der Waals surface area contributed by atoms with E-state index in [-0.39, 0.29) is 5.91 Å². The predicted molar refractivity (Wildman–Crippen MR) is 139 cm³/mol. The number of thiazole rings is 1. The van der Waals surface area contributed by atoms with Crippen LogP contribution in [0, 0.1) is 13.8 Å². The van der Waals surface area contributed by atoms with Crippen LogP contribution in [0.1, 0.15) is 21.1 Å². The molecule has 7 nitrogen and oxygen atoms in total. The van der Waals surface area contributed by atoms with E-state index >= 15 is 0 Å². The summed E-state index contributed by atoms with van der Waals surface area (Å²) in [5.41, 5.74) is 5.32. The highest BCUT2D eigenvalue weighted by Gasteiger charge is 2.12. The molecule has 8 heteroatoms. The molecule has 2 aromatic heterocycles. The summed E-state index contributed by atoms with van der Waals surface area (Å²) in [4.78, 5) is 26.0. The monoisotopic (exact) mass is 466 g/mol. The van der Waals surface area contributed by atoms with Gasteiger partial charge in [-0.2, -0.15) is 4.98 Å². The number of carbonyl (C=O) groups excluding carboxylic acids is 1. The Bertz CT molecular complexity index is 1430. The average molecular weight is 467 g/mol. The number of para-hydroxylation sites is 1. The highest BCUT2D eigenvalue weighted by atomic mass is 32.1. The van der Waals surface area contributed by atoms with Crippen molar-refractivity contribution >= 4 is 56.3 Å². The van der Waals surface area contributed by atoms with Crippen LogP contribution in [-0.2, 0) is 0 Å². The second kappa shape index (κ2) is 9.29. The van der Waals surface area contributed by atoms with Crippen LogP contribution < -0.4 is 16.0 Å². The lowest BCUT2D eigenvalue weighted by molar-refractivity contribution is 0.102. The van der Waals surface area contributed by atoms with Crippen LogP contribution in [0.2, 0.25) is 0 Å². The number of aryl methyl sites for hydroxylation is 2. The Labute approximate surface area is 200 Å². The SMILES string of the molecule is Cc1ccc(Nc2nc(C)cc(Nc3ccc(NC(=O)c4nc5ccccc5s4)cc3)n2)cc1. The van der Waals surface area contributed by atoms with Gasteiger partial charge in [-0.3, -0.25) is 4.79 Å². The predicted octanol–water partition coefficient (Wildman–Crippen LogP) is 6.44. The average Bonchev–Trinajstić information content (AvgIpc) is 3.26. The van der Waals surface area contributed by atoms with Gasteiger partial charge in [0.1, 0.15) is 5.82 Å². The minimum absolute atomic E-state index is 0.222. The number of amides is 1. The number of anilines is 5. The lowest BCUT2D eigenvalue weighted by atomic mass is 10.2. The molecule has 0 atom stereocenters. The number of rotatable bonds is 6. The Hall–Kier alpha value is -4.30. The molecule has 1 amide bonds. The van der Waals surface area contributed by atoms with Gasteiger partial charge in [0.2, 0.25) is 5.95 Å². The molecule has 0 radical (unpaired) electrons. The molecular formula is C26H22N6OS. The Morgan fingerprint density at radius 2 is 1.44 bits per heavy atom. The Kier molecular flexibility index (Phi) is 5.88. The maximum atomic E-state index is 12.6. The second-order valence-corrected chi connectivity index (χ2v) is 8.88. The van der Waals surface area contributed by atoms with Crippen LogP contribution in [0.25, 0.3) is 10.2 Å². The minimum Gasteiger partial charge on any atom is -0.340 e. The topological polar surface area (TPSA) is 91.8 Å². The molecule has 3 N–H and O–H groups in total. The van der Waals surface area contributed by atoms with Crippen LogP contribution in [-0.4, -0.2) is 20.9 Å². The molecule has 0 fully saturated rings. The first-order valence-electron chi connectivity index (χ1n) is 10.8. The maximum Gasteiger partial charge on any atom is 0.284 e. The van der Waals surface area contributed by atoms with E-state index in [4.69, 9.17) is 0 Å². The van der Waals surface area contributed by atoms with Crippen molar-refractivity contribution in [1.29, 1.82) is 0 Å². The first kappa shape index (κ1) is 21.5. The summed E-state index contributed by atoms with van der Waals surface area (Å²) in [6, 6.07) is 25.1. The van der Waals surface area contributed by atoms with Crippen molar-refractivity contribution < 1.29 is 4.79 Å². The fraction of sp³-hybridized carbons (Fsp3) is 0.0769. The fourth-order valence-corrected chi connectivity index (χ4v) is 4.25. The molecule has 2 heterocycles. The molecule has 0 aliphatic rings. The molecule has 0 saturated carbocycles. The van der Waals surface area contributed by atoms with Gasteiger partial charge in [0, 0.05) is 28.8 Å². The molecule has 0 unspecified atom stereocenters. The molecule has 0 aliphatic heterocycles. The van der Waals surface area contributed by atoms with Crippen LogP contribution in [0.4, 0.5) is 28.8 Å². The van der Waals surface area contributed by atoms with Crippen LogP contribution in [0.5, 0.6) is 0 Å². The number of fused-ring (bicyclic) bond motifs is 1. The van der Waals surface area contributed by atoms with Crippen molar-refractivity contribution in [3.8, 4) is 0 Å². The molecule has 0 saturated heterocycles. The van der Waals surface area contributed by atoms with Crippen molar-refractivity contribution in [3.05, 3.63) is 95.1 Å². The summed E-state index contributed by atoms with van der Waals surface area (Å²) in [6.45, 7) is 3.97. The smallest absolute Gasteiger partial charge is 0.284 e. The molecule has 0 aliphatic carbocycles. The van der Waals surface area contributed by atoms with Crippen molar-refractivity contribution in [3.63, 3.8) is 0 Å². The summed E-state index contributed by atoms with van der Waals surface area (Å²) >= 11 is 1.38. The van der Waals surface area contributed by atoms with E-state index in [2.05, 4.69) is 30.9 Å². The number of nitrogens with zero attached hydrogens (tertiary/aromatic N) is 3. The fourth-order valence-electron chi connectivity index (χ4n) is 3.39. The summed E-state index contributed by atoms with van der Waals surface area (Å²) in [5, 5.41) is 9.88. The van der Waals surface area contributed by atoms with E-state index in [0.717, 1.165) is 27.3 Å². The first-order valence-corrected chi connectivity index (χ1v) is 11.6. The number of hydrogen-bond acceptors (Lipinski definition) is 7. The lowest BCUT2D eigenvalue weighted by Crippen LogP contribution is -2.11. The van der Waals surface area contributed by atoms with E-state index in [1.807, 2.05) is 92.7 Å². The van der Waals surface area contributed by atoms with Crippen molar-refractivity contribution in [2.45, 2.75) is 13.8 Å². The number of aromatic nitrogens is 3. The minimum atomic E-state index is -0.222. The molecule has 0 bridgehead atoms. The molecule has 5 rings (SSSR count). The van der Waals surface area contributed by atoms with E-state index in [0.29, 0.717) is 22.5 Å². The lowest BCUT2D eigenvalue weighted by Gasteiger charge is -2.11. The summed E-state index contributed by atoms with van der Waals surface area (Å²) in [6.07, 6.45) is 0. The zero-order valence-electron chi connectivity index (χ0n) is 18.7. The van der Waals surface area contributed by atoms with E-state index in [9.17, 15) is 4.79 Å². The van der Waals surface area contributed by atoms with Crippen molar-refractivity contribution in [1.82, 2.24) is 15.0 Å². The third-order valence-electron chi connectivity index (χ3n) is 5.07. The normalized spacial score (nSPS) is 10.8. The molecule has 168 valence electrons. The zero-order chi connectivity index (χ0) is 23.5. The van der Waals surface area contributed by atoms with E-state index in [1.165, 1.54) is 16.9 Å². The number of carbonyl (C=O) groups is 1. The van der Waals surface area contributed by atoms with Crippen molar-refractivity contribution in [2.24, 2.45) is 0 Å². The van der Waals surface area contributed by atoms with Gasteiger partial charge in [0.15, 0.2) is 5.01 Å². The van der Waals surface area contributed by atoms with Gasteiger partial charge in [-0.05, 0) is 62.4 Å². The number of hydrogen-bond donors (Lipinski definition) is 3. The van der Waals surface area contributed by atoms with Gasteiger partial charge in [0.25, 0.3) is 5.91 Å². The maximum absolute atomic E-state index is 12.6. The first-order chi connectivity index (χ1) is 16.5. The standard InChI is InChI=1S/C26H22N6OS/c1-16-7-9-20(10-8-16)30-26-27-17(2)15-23(32-26)28-18-11-13-19(14-12-18)29-24(33)25-31-21-5-3-4-6-22(21)34-25/h3-15H,1-2H3,(H,29,33)(H2,27,28,30,32). The third kappa shape index (κ3) is 5.02. The number of nitrogens with one attached hydrogen (secondary N) is 3. The van der Waals surface area contributed by atoms with Gasteiger partial charge >= 0.3 is 0 Å². The van der Waals surface area contributed by atoms with Gasteiger partial charge in [-0.25, -0.2) is 9.97 Å².